The number of thiophene rings is 1. The molecule has 1 atom stereocenters. The Morgan fingerprint density at radius 3 is 3.05 bits per heavy atom. The molecule has 0 aromatic carbocycles. The lowest BCUT2D eigenvalue weighted by atomic mass is 10.0. The molecule has 3 heterocycles. The van der Waals surface area contributed by atoms with E-state index in [0.717, 1.165) is 11.9 Å². The number of pyridine rings is 1. The minimum absolute atomic E-state index is 0.273. The van der Waals surface area contributed by atoms with Crippen LogP contribution in [-0.2, 0) is 6.42 Å². The van der Waals surface area contributed by atoms with Gasteiger partial charge in [0, 0.05) is 33.6 Å². The third kappa shape index (κ3) is 2.45. The number of rotatable bonds is 4. The Balaban J connectivity index is 1.96. The maximum atomic E-state index is 4.41. The van der Waals surface area contributed by atoms with Crippen LogP contribution >= 0.6 is 27.3 Å². The summed E-state index contributed by atoms with van der Waals surface area (Å²) in [7, 11) is 2.00. The Kier molecular flexibility index (Phi) is 3.68. The van der Waals surface area contributed by atoms with E-state index in [9.17, 15) is 0 Å². The lowest BCUT2D eigenvalue weighted by Gasteiger charge is -2.14. The fourth-order valence-electron chi connectivity index (χ4n) is 2.25. The lowest BCUT2D eigenvalue weighted by molar-refractivity contribution is 0.600. The van der Waals surface area contributed by atoms with E-state index < -0.39 is 0 Å². The summed E-state index contributed by atoms with van der Waals surface area (Å²) in [5.74, 6) is 0. The SMILES string of the molecule is CNC(Cc1sccc1Br)c1cnn2ccccc12. The highest BCUT2D eigenvalue weighted by Gasteiger charge is 2.16. The summed E-state index contributed by atoms with van der Waals surface area (Å²) in [5.41, 5.74) is 2.40. The fraction of sp³-hybridized carbons (Fsp3) is 0.214. The molecule has 0 spiro atoms. The molecule has 3 rings (SSSR count). The molecular formula is C14H14BrN3S. The zero-order valence-electron chi connectivity index (χ0n) is 10.5. The molecule has 0 aliphatic carbocycles. The summed E-state index contributed by atoms with van der Waals surface area (Å²) >= 11 is 5.38. The van der Waals surface area contributed by atoms with E-state index in [1.807, 2.05) is 36.1 Å². The molecular weight excluding hydrogens is 322 g/mol. The number of nitrogens with one attached hydrogen (secondary N) is 1. The molecule has 0 bridgehead atoms. The Bertz CT molecular complexity index is 689. The molecule has 0 amide bonds. The molecule has 0 saturated heterocycles. The second-order valence-corrected chi connectivity index (χ2v) is 6.22. The van der Waals surface area contributed by atoms with Crippen LogP contribution in [0.5, 0.6) is 0 Å². The average Bonchev–Trinajstić information content (AvgIpc) is 3.03. The van der Waals surface area contributed by atoms with Crippen LogP contribution in [0.3, 0.4) is 0 Å². The van der Waals surface area contributed by atoms with E-state index in [4.69, 9.17) is 0 Å². The van der Waals surface area contributed by atoms with Gasteiger partial charge in [-0.2, -0.15) is 5.10 Å². The zero-order valence-corrected chi connectivity index (χ0v) is 12.9. The molecule has 3 aromatic heterocycles. The molecule has 0 aliphatic rings. The van der Waals surface area contributed by atoms with E-state index in [0.29, 0.717) is 0 Å². The second kappa shape index (κ2) is 5.45. The van der Waals surface area contributed by atoms with E-state index in [1.165, 1.54) is 14.9 Å². The first-order valence-corrected chi connectivity index (χ1v) is 7.78. The summed E-state index contributed by atoms with van der Waals surface area (Å²) in [4.78, 5) is 1.36. The number of halogens is 1. The van der Waals surface area contributed by atoms with Crippen molar-refractivity contribution in [1.29, 1.82) is 0 Å². The minimum Gasteiger partial charge on any atom is -0.313 e. The molecule has 1 unspecified atom stereocenters. The van der Waals surface area contributed by atoms with Gasteiger partial charge in [0.15, 0.2) is 0 Å². The fourth-order valence-corrected chi connectivity index (χ4v) is 3.81. The molecule has 3 aromatic rings. The number of hydrogen-bond donors (Lipinski definition) is 1. The maximum absolute atomic E-state index is 4.41. The largest absolute Gasteiger partial charge is 0.313 e. The topological polar surface area (TPSA) is 29.3 Å². The van der Waals surface area contributed by atoms with E-state index in [2.05, 4.69) is 43.9 Å². The smallest absolute Gasteiger partial charge is 0.0709 e. The predicted molar refractivity (Wildman–Crippen MR) is 82.7 cm³/mol. The van der Waals surface area contributed by atoms with Gasteiger partial charge in [-0.25, -0.2) is 4.52 Å². The molecule has 0 radical (unpaired) electrons. The van der Waals surface area contributed by atoms with Crippen molar-refractivity contribution in [2.24, 2.45) is 0 Å². The van der Waals surface area contributed by atoms with Gasteiger partial charge >= 0.3 is 0 Å². The molecule has 3 nitrogen and oxygen atoms in total. The highest BCUT2D eigenvalue weighted by Crippen LogP contribution is 2.29. The Labute approximate surface area is 124 Å². The van der Waals surface area contributed by atoms with Gasteiger partial charge in [-0.15, -0.1) is 11.3 Å². The number of likely N-dealkylation sites (N-methyl/N-ethyl adjacent to an activating group) is 1. The molecule has 0 aliphatic heterocycles. The molecule has 19 heavy (non-hydrogen) atoms. The Morgan fingerprint density at radius 2 is 2.32 bits per heavy atom. The van der Waals surface area contributed by atoms with Crippen molar-refractivity contribution >= 4 is 32.8 Å². The van der Waals surface area contributed by atoms with Crippen molar-refractivity contribution in [1.82, 2.24) is 14.9 Å². The first-order chi connectivity index (χ1) is 9.29. The van der Waals surface area contributed by atoms with Crippen LogP contribution < -0.4 is 5.32 Å². The first-order valence-electron chi connectivity index (χ1n) is 6.11. The van der Waals surface area contributed by atoms with Crippen LogP contribution in [0, 0.1) is 0 Å². The van der Waals surface area contributed by atoms with Gasteiger partial charge in [0.05, 0.1) is 11.7 Å². The monoisotopic (exact) mass is 335 g/mol. The standard InChI is InChI=1S/C14H14BrN3S/c1-16-12(8-14-11(15)5-7-19-14)10-9-17-18-6-3-2-4-13(10)18/h2-7,9,12,16H,8H2,1H3. The second-order valence-electron chi connectivity index (χ2n) is 4.37. The summed E-state index contributed by atoms with van der Waals surface area (Å²) in [6.45, 7) is 0. The average molecular weight is 336 g/mol. The maximum Gasteiger partial charge on any atom is 0.0709 e. The van der Waals surface area contributed by atoms with E-state index in [1.54, 1.807) is 11.3 Å². The number of fused-ring (bicyclic) bond motifs is 1. The highest BCUT2D eigenvalue weighted by atomic mass is 79.9. The van der Waals surface area contributed by atoms with Crippen molar-refractivity contribution in [2.75, 3.05) is 7.05 Å². The Hall–Kier alpha value is -1.17. The molecule has 1 N–H and O–H groups in total. The molecule has 98 valence electrons. The van der Waals surface area contributed by atoms with Gasteiger partial charge in [0.25, 0.3) is 0 Å². The van der Waals surface area contributed by atoms with Crippen LogP contribution in [-0.4, -0.2) is 16.7 Å². The van der Waals surface area contributed by atoms with Crippen molar-refractivity contribution in [3.05, 3.63) is 57.0 Å². The minimum atomic E-state index is 0.273. The van der Waals surface area contributed by atoms with Gasteiger partial charge in [-0.05, 0) is 46.6 Å². The van der Waals surface area contributed by atoms with Crippen LogP contribution in [0.1, 0.15) is 16.5 Å². The van der Waals surface area contributed by atoms with E-state index in [-0.39, 0.29) is 6.04 Å². The Morgan fingerprint density at radius 1 is 1.42 bits per heavy atom. The van der Waals surface area contributed by atoms with Crippen LogP contribution in [0.15, 0.2) is 46.5 Å². The third-order valence-electron chi connectivity index (χ3n) is 3.26. The normalized spacial score (nSPS) is 12.9. The van der Waals surface area contributed by atoms with Crippen molar-refractivity contribution in [3.63, 3.8) is 0 Å². The quantitative estimate of drug-likeness (QED) is 0.788. The molecule has 0 fully saturated rings. The summed E-state index contributed by atoms with van der Waals surface area (Å²) in [6.07, 6.45) is 4.90. The summed E-state index contributed by atoms with van der Waals surface area (Å²) in [6, 6.07) is 8.52. The highest BCUT2D eigenvalue weighted by molar-refractivity contribution is 9.10. The van der Waals surface area contributed by atoms with Crippen LogP contribution in [0.2, 0.25) is 0 Å². The van der Waals surface area contributed by atoms with Crippen LogP contribution in [0.4, 0.5) is 0 Å². The zero-order chi connectivity index (χ0) is 13.2. The van der Waals surface area contributed by atoms with Gasteiger partial charge in [-0.3, -0.25) is 0 Å². The first kappa shape index (κ1) is 12.8. The number of nitrogens with zero attached hydrogens (tertiary/aromatic N) is 2. The number of aromatic nitrogens is 2. The van der Waals surface area contributed by atoms with Gasteiger partial charge in [-0.1, -0.05) is 6.07 Å². The number of hydrogen-bond acceptors (Lipinski definition) is 3. The van der Waals surface area contributed by atoms with E-state index >= 15 is 0 Å². The summed E-state index contributed by atoms with van der Waals surface area (Å²) < 4.78 is 3.11. The molecule has 0 saturated carbocycles. The lowest BCUT2D eigenvalue weighted by Crippen LogP contribution is -2.18. The predicted octanol–water partition coefficient (Wildman–Crippen LogP) is 3.66. The molecule has 5 heteroatoms. The van der Waals surface area contributed by atoms with Gasteiger partial charge in [0.2, 0.25) is 0 Å². The van der Waals surface area contributed by atoms with Crippen molar-refractivity contribution in [2.45, 2.75) is 12.5 Å². The summed E-state index contributed by atoms with van der Waals surface area (Å²) in [5, 5.41) is 9.92. The van der Waals surface area contributed by atoms with Gasteiger partial charge < -0.3 is 5.32 Å². The third-order valence-corrected chi connectivity index (χ3v) is 5.21. The van der Waals surface area contributed by atoms with Crippen molar-refractivity contribution < 1.29 is 0 Å². The van der Waals surface area contributed by atoms with Crippen LogP contribution in [0.25, 0.3) is 5.52 Å². The van der Waals surface area contributed by atoms with Gasteiger partial charge in [0.1, 0.15) is 0 Å². The van der Waals surface area contributed by atoms with Crippen molar-refractivity contribution in [3.8, 4) is 0 Å².